The number of aryl methyl sites for hydroxylation is 1. The third kappa shape index (κ3) is 2.33. The first-order valence-corrected chi connectivity index (χ1v) is 6.33. The molecular weight excluding hydrogens is 218 g/mol. The molecule has 4 heteroatoms. The normalized spacial score (nSPS) is 12.9. The maximum Gasteiger partial charge on any atom is 0.0952 e. The molecule has 2 N–H and O–H groups in total. The highest BCUT2D eigenvalue weighted by atomic mass is 32.1. The van der Waals surface area contributed by atoms with Gasteiger partial charge in [-0.05, 0) is 25.5 Å². The number of nitrogens with two attached hydrogens (primary N) is 1. The molecule has 3 nitrogen and oxygen atoms in total. The van der Waals surface area contributed by atoms with E-state index in [1.165, 1.54) is 9.75 Å². The second kappa shape index (κ2) is 4.80. The maximum absolute atomic E-state index is 6.04. The van der Waals surface area contributed by atoms with Crippen LogP contribution in [0.3, 0.4) is 0 Å². The predicted octanol–water partition coefficient (Wildman–Crippen LogP) is 2.71. The van der Waals surface area contributed by atoms with Crippen LogP contribution in [0, 0.1) is 6.92 Å². The molecule has 0 aliphatic carbocycles. The van der Waals surface area contributed by atoms with Crippen LogP contribution in [-0.4, -0.2) is 9.55 Å². The summed E-state index contributed by atoms with van der Waals surface area (Å²) in [6.45, 7) is 5.10. The van der Waals surface area contributed by atoms with Crippen LogP contribution in [-0.2, 0) is 6.54 Å². The summed E-state index contributed by atoms with van der Waals surface area (Å²) >= 11 is 1.82. The van der Waals surface area contributed by atoms with Crippen LogP contribution < -0.4 is 5.73 Å². The summed E-state index contributed by atoms with van der Waals surface area (Å²) in [5.74, 6) is 0. The Morgan fingerprint density at radius 2 is 2.31 bits per heavy atom. The van der Waals surface area contributed by atoms with Gasteiger partial charge in [-0.15, -0.1) is 11.3 Å². The van der Waals surface area contributed by atoms with Gasteiger partial charge in [-0.1, -0.05) is 6.92 Å². The van der Waals surface area contributed by atoms with Gasteiger partial charge >= 0.3 is 0 Å². The topological polar surface area (TPSA) is 43.8 Å². The standard InChI is InChI=1S/C12H17N3S/c1-3-11(13)12-6-14-8-15(12)7-10-5-4-9(2)16-10/h4-6,8,11H,3,7,13H2,1-2H3/t11-/m1/s1. The largest absolute Gasteiger partial charge is 0.328 e. The summed E-state index contributed by atoms with van der Waals surface area (Å²) in [7, 11) is 0. The van der Waals surface area contributed by atoms with Gasteiger partial charge in [0.15, 0.2) is 0 Å². The van der Waals surface area contributed by atoms with Gasteiger partial charge in [0, 0.05) is 22.0 Å². The van der Waals surface area contributed by atoms with Gasteiger partial charge in [0.2, 0.25) is 0 Å². The Bertz CT molecular complexity index is 458. The molecule has 2 aromatic heterocycles. The van der Waals surface area contributed by atoms with Crippen LogP contribution in [0.2, 0.25) is 0 Å². The van der Waals surface area contributed by atoms with E-state index in [4.69, 9.17) is 5.73 Å². The first-order chi connectivity index (χ1) is 7.70. The van der Waals surface area contributed by atoms with Gasteiger partial charge in [-0.2, -0.15) is 0 Å². The average molecular weight is 235 g/mol. The molecule has 0 unspecified atom stereocenters. The molecule has 1 atom stereocenters. The number of aromatic nitrogens is 2. The van der Waals surface area contributed by atoms with Crippen molar-refractivity contribution in [2.45, 2.75) is 32.9 Å². The van der Waals surface area contributed by atoms with E-state index >= 15 is 0 Å². The van der Waals surface area contributed by atoms with Gasteiger partial charge in [-0.25, -0.2) is 4.98 Å². The van der Waals surface area contributed by atoms with Crippen LogP contribution >= 0.6 is 11.3 Å². The van der Waals surface area contributed by atoms with Crippen molar-refractivity contribution in [1.29, 1.82) is 0 Å². The number of nitrogens with zero attached hydrogens (tertiary/aromatic N) is 2. The van der Waals surface area contributed by atoms with Crippen LogP contribution in [0.25, 0.3) is 0 Å². The minimum absolute atomic E-state index is 0.0866. The maximum atomic E-state index is 6.04. The fourth-order valence-electron chi connectivity index (χ4n) is 1.72. The Kier molecular flexibility index (Phi) is 3.41. The molecule has 16 heavy (non-hydrogen) atoms. The van der Waals surface area contributed by atoms with Crippen LogP contribution in [0.4, 0.5) is 0 Å². The molecular formula is C12H17N3S. The van der Waals surface area contributed by atoms with Crippen molar-refractivity contribution in [3.05, 3.63) is 40.1 Å². The summed E-state index contributed by atoms with van der Waals surface area (Å²) in [6, 6.07) is 4.40. The zero-order valence-electron chi connectivity index (χ0n) is 9.68. The van der Waals surface area contributed by atoms with Gasteiger partial charge in [0.05, 0.1) is 18.6 Å². The van der Waals surface area contributed by atoms with Gasteiger partial charge in [0.25, 0.3) is 0 Å². The van der Waals surface area contributed by atoms with Crippen molar-refractivity contribution in [3.63, 3.8) is 0 Å². The molecule has 2 heterocycles. The van der Waals surface area contributed by atoms with Crippen LogP contribution in [0.5, 0.6) is 0 Å². The number of hydrogen-bond donors (Lipinski definition) is 1. The fraction of sp³-hybridized carbons (Fsp3) is 0.417. The summed E-state index contributed by atoms with van der Waals surface area (Å²) in [6.07, 6.45) is 4.67. The highest BCUT2D eigenvalue weighted by Crippen LogP contribution is 2.19. The summed E-state index contributed by atoms with van der Waals surface area (Å²) in [4.78, 5) is 6.87. The highest BCUT2D eigenvalue weighted by molar-refractivity contribution is 7.11. The lowest BCUT2D eigenvalue weighted by Crippen LogP contribution is -2.14. The van der Waals surface area contributed by atoms with E-state index in [9.17, 15) is 0 Å². The molecule has 2 aromatic rings. The van der Waals surface area contributed by atoms with Crippen LogP contribution in [0.15, 0.2) is 24.7 Å². The van der Waals surface area contributed by atoms with Crippen molar-refractivity contribution in [3.8, 4) is 0 Å². The van der Waals surface area contributed by atoms with Crippen molar-refractivity contribution in [1.82, 2.24) is 9.55 Å². The number of imidazole rings is 1. The molecule has 0 amide bonds. The van der Waals surface area contributed by atoms with Crippen molar-refractivity contribution >= 4 is 11.3 Å². The minimum atomic E-state index is 0.0866. The molecule has 0 aliphatic rings. The molecule has 0 aliphatic heterocycles. The van der Waals surface area contributed by atoms with Crippen LogP contribution in [0.1, 0.15) is 34.8 Å². The zero-order chi connectivity index (χ0) is 11.5. The number of hydrogen-bond acceptors (Lipinski definition) is 3. The van der Waals surface area contributed by atoms with E-state index in [-0.39, 0.29) is 6.04 Å². The Balaban J connectivity index is 2.18. The lowest BCUT2D eigenvalue weighted by molar-refractivity contribution is 0.621. The second-order valence-electron chi connectivity index (χ2n) is 3.97. The molecule has 2 rings (SSSR count). The zero-order valence-corrected chi connectivity index (χ0v) is 10.5. The quantitative estimate of drug-likeness (QED) is 0.885. The van der Waals surface area contributed by atoms with E-state index in [2.05, 4.69) is 35.5 Å². The van der Waals surface area contributed by atoms with Gasteiger partial charge in [0.1, 0.15) is 0 Å². The minimum Gasteiger partial charge on any atom is -0.328 e. The van der Waals surface area contributed by atoms with E-state index in [1.807, 2.05) is 23.9 Å². The molecule has 86 valence electrons. The fourth-order valence-corrected chi connectivity index (χ4v) is 2.61. The summed E-state index contributed by atoms with van der Waals surface area (Å²) < 4.78 is 2.14. The monoisotopic (exact) mass is 235 g/mol. The predicted molar refractivity (Wildman–Crippen MR) is 67.6 cm³/mol. The molecule has 0 aromatic carbocycles. The molecule has 0 radical (unpaired) electrons. The Morgan fingerprint density at radius 1 is 1.50 bits per heavy atom. The van der Waals surface area contributed by atoms with E-state index in [0.29, 0.717) is 0 Å². The van der Waals surface area contributed by atoms with E-state index in [1.54, 1.807) is 0 Å². The second-order valence-corrected chi connectivity index (χ2v) is 5.35. The summed E-state index contributed by atoms with van der Waals surface area (Å²) in [5.41, 5.74) is 7.16. The van der Waals surface area contributed by atoms with Gasteiger partial charge in [-0.3, -0.25) is 0 Å². The number of rotatable bonds is 4. The smallest absolute Gasteiger partial charge is 0.0952 e. The van der Waals surface area contributed by atoms with Crippen molar-refractivity contribution < 1.29 is 0 Å². The van der Waals surface area contributed by atoms with E-state index in [0.717, 1.165) is 18.7 Å². The molecule has 0 bridgehead atoms. The highest BCUT2D eigenvalue weighted by Gasteiger charge is 2.10. The Hall–Kier alpha value is -1.13. The first-order valence-electron chi connectivity index (χ1n) is 5.51. The Labute approximate surface area is 99.9 Å². The first kappa shape index (κ1) is 11.4. The Morgan fingerprint density at radius 3 is 2.94 bits per heavy atom. The third-order valence-corrected chi connectivity index (χ3v) is 3.67. The third-order valence-electron chi connectivity index (χ3n) is 2.69. The molecule has 0 saturated heterocycles. The van der Waals surface area contributed by atoms with E-state index < -0.39 is 0 Å². The molecule has 0 spiro atoms. The average Bonchev–Trinajstić information content (AvgIpc) is 2.87. The SMILES string of the molecule is CC[C@@H](N)c1cncn1Cc1ccc(C)s1. The summed E-state index contributed by atoms with van der Waals surface area (Å²) in [5, 5.41) is 0. The lowest BCUT2D eigenvalue weighted by Gasteiger charge is -2.11. The van der Waals surface area contributed by atoms with Crippen molar-refractivity contribution in [2.24, 2.45) is 5.73 Å². The van der Waals surface area contributed by atoms with Gasteiger partial charge < -0.3 is 10.3 Å². The number of thiophene rings is 1. The van der Waals surface area contributed by atoms with Crippen molar-refractivity contribution in [2.75, 3.05) is 0 Å². The molecule has 0 saturated carbocycles. The molecule has 0 fully saturated rings. The lowest BCUT2D eigenvalue weighted by atomic mass is 10.2.